The van der Waals surface area contributed by atoms with E-state index in [-0.39, 0.29) is 36.0 Å². The van der Waals surface area contributed by atoms with Crippen molar-refractivity contribution in [1.82, 2.24) is 10.0 Å². The lowest BCUT2D eigenvalue weighted by atomic mass is 10.2. The lowest BCUT2D eigenvalue weighted by Gasteiger charge is -2.02. The Labute approximate surface area is 133 Å². The van der Waals surface area contributed by atoms with E-state index in [0.29, 0.717) is 18.5 Å². The minimum atomic E-state index is -3.54. The number of fused-ring (bicyclic) bond motifs is 1. The Bertz CT molecular complexity index is 743. The topological polar surface area (TPSA) is 125 Å². The van der Waals surface area contributed by atoms with Crippen LogP contribution in [0.5, 0.6) is 0 Å². The predicted molar refractivity (Wildman–Crippen MR) is 82.7 cm³/mol. The molecule has 0 saturated heterocycles. The summed E-state index contributed by atoms with van der Waals surface area (Å²) in [5.74, 6) is -0.936. The van der Waals surface area contributed by atoms with E-state index >= 15 is 0 Å². The Kier molecular flexibility index (Phi) is 5.32. The number of carboxylic acid groups (broad SMARTS) is 1. The third-order valence-electron chi connectivity index (χ3n) is 3.16. The largest absolute Gasteiger partial charge is 0.481 e. The molecule has 0 aliphatic carbocycles. The highest BCUT2D eigenvalue weighted by Crippen LogP contribution is 2.22. The summed E-state index contributed by atoms with van der Waals surface area (Å²) < 4.78 is 26.1. The molecule has 1 aliphatic heterocycles. The third-order valence-corrected chi connectivity index (χ3v) is 4.55. The van der Waals surface area contributed by atoms with Crippen molar-refractivity contribution in [2.24, 2.45) is 4.99 Å². The average Bonchev–Trinajstić information content (AvgIpc) is 2.75. The van der Waals surface area contributed by atoms with Gasteiger partial charge in [-0.1, -0.05) is 12.1 Å². The van der Waals surface area contributed by atoms with Gasteiger partial charge in [-0.2, -0.15) is 0 Å². The van der Waals surface area contributed by atoms with Crippen LogP contribution in [0.3, 0.4) is 0 Å². The van der Waals surface area contributed by atoms with Crippen molar-refractivity contribution >= 4 is 27.7 Å². The number of benzene rings is 1. The molecule has 0 bridgehead atoms. The van der Waals surface area contributed by atoms with Crippen LogP contribution in [0.2, 0.25) is 0 Å². The van der Waals surface area contributed by atoms with Crippen molar-refractivity contribution in [2.45, 2.75) is 24.2 Å². The van der Waals surface area contributed by atoms with Gasteiger partial charge in [-0.05, 0) is 18.6 Å². The summed E-state index contributed by atoms with van der Waals surface area (Å²) >= 11 is 0. The Hall–Kier alpha value is -2.42. The zero-order valence-corrected chi connectivity index (χ0v) is 13.1. The van der Waals surface area contributed by atoms with E-state index in [1.165, 1.54) is 6.07 Å². The smallest absolute Gasteiger partial charge is 0.305 e. The number of carboxylic acids is 1. The highest BCUT2D eigenvalue weighted by molar-refractivity contribution is 7.90. The molecule has 0 atom stereocenters. The third kappa shape index (κ3) is 4.52. The lowest BCUT2D eigenvalue weighted by Crippen LogP contribution is -2.26. The summed E-state index contributed by atoms with van der Waals surface area (Å²) in [4.78, 5) is 26.2. The van der Waals surface area contributed by atoms with Crippen molar-refractivity contribution in [2.75, 3.05) is 13.1 Å². The number of amides is 1. The van der Waals surface area contributed by atoms with Crippen LogP contribution >= 0.6 is 0 Å². The molecule has 0 unspecified atom stereocenters. The fourth-order valence-electron chi connectivity index (χ4n) is 2.08. The Balaban J connectivity index is 1.83. The zero-order valence-electron chi connectivity index (χ0n) is 12.3. The first-order valence-corrected chi connectivity index (χ1v) is 8.53. The maximum atomic E-state index is 11.9. The molecule has 1 aliphatic rings. The number of rotatable bonds is 7. The summed E-state index contributed by atoms with van der Waals surface area (Å²) in [7, 11) is -3.54. The Morgan fingerprint density at radius 3 is 2.70 bits per heavy atom. The second kappa shape index (κ2) is 7.23. The van der Waals surface area contributed by atoms with E-state index in [1.807, 2.05) is 0 Å². The molecular weight excluding hydrogens is 322 g/mol. The second-order valence-electron chi connectivity index (χ2n) is 4.93. The molecule has 0 spiro atoms. The van der Waals surface area contributed by atoms with Gasteiger partial charge < -0.3 is 10.4 Å². The number of amidine groups is 1. The molecule has 1 amide bonds. The van der Waals surface area contributed by atoms with E-state index in [0.717, 1.165) is 0 Å². The van der Waals surface area contributed by atoms with Crippen LogP contribution in [0.4, 0.5) is 0 Å². The zero-order chi connectivity index (χ0) is 16.9. The van der Waals surface area contributed by atoms with E-state index in [9.17, 15) is 18.0 Å². The van der Waals surface area contributed by atoms with Gasteiger partial charge in [0.2, 0.25) is 5.91 Å². The number of carbonyl (C=O) groups excluding carboxylic acids is 1. The standard InChI is InChI=1S/C14H17N3O5S/c18-12(15-9-7-13(19)20)6-3-8-16-14-10-4-1-2-5-11(10)23(21,22)17-14/h1-2,4-5H,3,6-9H2,(H,15,18)(H,16,17)(H,19,20). The van der Waals surface area contributed by atoms with Crippen molar-refractivity contribution in [3.63, 3.8) is 0 Å². The molecule has 8 nitrogen and oxygen atoms in total. The SMILES string of the molecule is O=C(O)CCNC(=O)CCCN=C1NS(=O)(=O)c2ccccc21. The van der Waals surface area contributed by atoms with Crippen molar-refractivity contribution in [3.8, 4) is 0 Å². The summed E-state index contributed by atoms with van der Waals surface area (Å²) in [5, 5.41) is 11.0. The molecular formula is C14H17N3O5S. The molecule has 23 heavy (non-hydrogen) atoms. The van der Waals surface area contributed by atoms with Gasteiger partial charge in [-0.3, -0.25) is 19.3 Å². The number of carbonyl (C=O) groups is 2. The van der Waals surface area contributed by atoms with Crippen LogP contribution in [0.15, 0.2) is 34.2 Å². The van der Waals surface area contributed by atoms with E-state index in [4.69, 9.17) is 5.11 Å². The molecule has 0 saturated carbocycles. The van der Waals surface area contributed by atoms with E-state index in [1.54, 1.807) is 18.2 Å². The molecule has 0 fully saturated rings. The van der Waals surface area contributed by atoms with Gasteiger partial charge in [-0.15, -0.1) is 0 Å². The maximum absolute atomic E-state index is 11.9. The number of nitrogens with zero attached hydrogens (tertiary/aromatic N) is 1. The summed E-state index contributed by atoms with van der Waals surface area (Å²) in [5.41, 5.74) is 0.526. The molecule has 0 radical (unpaired) electrons. The summed E-state index contributed by atoms with van der Waals surface area (Å²) in [6.07, 6.45) is 0.518. The minimum Gasteiger partial charge on any atom is -0.481 e. The average molecular weight is 339 g/mol. The van der Waals surface area contributed by atoms with Crippen LogP contribution in [-0.4, -0.2) is 44.3 Å². The van der Waals surface area contributed by atoms with E-state index in [2.05, 4.69) is 15.0 Å². The molecule has 124 valence electrons. The molecule has 3 N–H and O–H groups in total. The Morgan fingerprint density at radius 1 is 1.22 bits per heavy atom. The summed E-state index contributed by atoms with van der Waals surface area (Å²) in [6, 6.07) is 6.55. The normalized spacial score (nSPS) is 16.6. The first kappa shape index (κ1) is 16.9. The highest BCUT2D eigenvalue weighted by atomic mass is 32.2. The second-order valence-corrected chi connectivity index (χ2v) is 6.58. The molecule has 0 aromatic heterocycles. The van der Waals surface area contributed by atoms with Crippen molar-refractivity contribution in [3.05, 3.63) is 29.8 Å². The molecule has 1 heterocycles. The fraction of sp³-hybridized carbons (Fsp3) is 0.357. The molecule has 2 rings (SSSR count). The minimum absolute atomic E-state index is 0.0931. The number of hydrogen-bond acceptors (Lipinski definition) is 5. The van der Waals surface area contributed by atoms with Crippen LogP contribution in [0, 0.1) is 0 Å². The number of sulfonamides is 1. The van der Waals surface area contributed by atoms with Crippen LogP contribution < -0.4 is 10.0 Å². The molecule has 1 aromatic rings. The van der Waals surface area contributed by atoms with Gasteiger partial charge in [0.1, 0.15) is 5.84 Å². The van der Waals surface area contributed by atoms with Crippen LogP contribution in [0.25, 0.3) is 0 Å². The molecule has 9 heteroatoms. The lowest BCUT2D eigenvalue weighted by molar-refractivity contribution is -0.136. The quantitative estimate of drug-likeness (QED) is 0.607. The van der Waals surface area contributed by atoms with Crippen molar-refractivity contribution in [1.29, 1.82) is 0 Å². The number of hydrogen-bond donors (Lipinski definition) is 3. The number of aliphatic carboxylic acids is 1. The van der Waals surface area contributed by atoms with Gasteiger partial charge in [0, 0.05) is 25.1 Å². The Morgan fingerprint density at radius 2 is 1.96 bits per heavy atom. The van der Waals surface area contributed by atoms with Crippen LogP contribution in [0.1, 0.15) is 24.8 Å². The fourth-order valence-corrected chi connectivity index (χ4v) is 3.33. The molecule has 1 aromatic carbocycles. The maximum Gasteiger partial charge on any atom is 0.305 e. The number of nitrogens with one attached hydrogen (secondary N) is 2. The van der Waals surface area contributed by atoms with Gasteiger partial charge in [0.05, 0.1) is 11.3 Å². The number of aliphatic imine (C=N–C) groups is 1. The van der Waals surface area contributed by atoms with Crippen molar-refractivity contribution < 1.29 is 23.1 Å². The highest BCUT2D eigenvalue weighted by Gasteiger charge is 2.29. The summed E-state index contributed by atoms with van der Waals surface area (Å²) in [6.45, 7) is 0.383. The van der Waals surface area contributed by atoms with Gasteiger partial charge in [-0.25, -0.2) is 8.42 Å². The monoisotopic (exact) mass is 339 g/mol. The predicted octanol–water partition coefficient (Wildman–Crippen LogP) is 0.0962. The first-order chi connectivity index (χ1) is 10.9. The van der Waals surface area contributed by atoms with E-state index < -0.39 is 16.0 Å². The van der Waals surface area contributed by atoms with Crippen LogP contribution in [-0.2, 0) is 19.6 Å². The van der Waals surface area contributed by atoms with Gasteiger partial charge >= 0.3 is 5.97 Å². The van der Waals surface area contributed by atoms with Gasteiger partial charge in [0.25, 0.3) is 10.0 Å². The van der Waals surface area contributed by atoms with Gasteiger partial charge in [0.15, 0.2) is 0 Å². The first-order valence-electron chi connectivity index (χ1n) is 7.05.